The number of nitrogens with zero attached hydrogens (tertiary/aromatic N) is 4. The Labute approximate surface area is 124 Å². The number of hydrogen-bond donors (Lipinski definition) is 2. The highest BCUT2D eigenvalue weighted by Crippen LogP contribution is 2.03. The van der Waals surface area contributed by atoms with Gasteiger partial charge in [-0.25, -0.2) is 0 Å². The van der Waals surface area contributed by atoms with Crippen molar-refractivity contribution in [2.45, 2.75) is 32.1 Å². The molecule has 0 amide bonds. The second kappa shape index (κ2) is 9.63. The SMILES string of the molecule is C(=NCCCCCCCN=Cc1ccn[nH]1)c1ccn[nH]1. The molecule has 2 N–H and O–H groups in total. The number of unbranched alkanes of at least 4 members (excludes halogenated alkanes) is 4. The number of aliphatic imine (C=N–C) groups is 2. The van der Waals surface area contributed by atoms with Gasteiger partial charge in [0, 0.05) is 37.9 Å². The summed E-state index contributed by atoms with van der Waals surface area (Å²) < 4.78 is 0. The standard InChI is InChI=1S/C15H22N6/c1(2-4-8-16-12-14-6-10-18-20-14)3-5-9-17-13-15-7-11-19-21-15/h6-7,10-13H,1-5,8-9H2,(H,18,20)(H,19,21). The third-order valence-corrected chi connectivity index (χ3v) is 3.08. The predicted octanol–water partition coefficient (Wildman–Crippen LogP) is 2.62. The first-order valence-electron chi connectivity index (χ1n) is 7.43. The van der Waals surface area contributed by atoms with Crippen LogP contribution in [0.1, 0.15) is 43.5 Å². The Morgan fingerprint density at radius 2 is 1.24 bits per heavy atom. The molecule has 112 valence electrons. The zero-order chi connectivity index (χ0) is 14.6. The van der Waals surface area contributed by atoms with E-state index in [0.717, 1.165) is 37.3 Å². The van der Waals surface area contributed by atoms with Crippen LogP contribution >= 0.6 is 0 Å². The predicted molar refractivity (Wildman–Crippen MR) is 85.2 cm³/mol. The Hall–Kier alpha value is -2.24. The topological polar surface area (TPSA) is 82.1 Å². The largest absolute Gasteiger partial charge is 0.291 e. The van der Waals surface area contributed by atoms with Gasteiger partial charge in [0.25, 0.3) is 0 Å². The summed E-state index contributed by atoms with van der Waals surface area (Å²) >= 11 is 0. The number of aromatic nitrogens is 4. The van der Waals surface area contributed by atoms with Crippen molar-refractivity contribution in [2.24, 2.45) is 9.98 Å². The van der Waals surface area contributed by atoms with Gasteiger partial charge in [-0.2, -0.15) is 10.2 Å². The van der Waals surface area contributed by atoms with Gasteiger partial charge in [-0.3, -0.25) is 20.2 Å². The van der Waals surface area contributed by atoms with Crippen molar-refractivity contribution in [3.63, 3.8) is 0 Å². The number of hydrogen-bond acceptors (Lipinski definition) is 4. The van der Waals surface area contributed by atoms with E-state index < -0.39 is 0 Å². The summed E-state index contributed by atoms with van der Waals surface area (Å²) in [5.74, 6) is 0. The van der Waals surface area contributed by atoms with E-state index >= 15 is 0 Å². The highest BCUT2D eigenvalue weighted by Gasteiger charge is 1.91. The third kappa shape index (κ3) is 6.65. The summed E-state index contributed by atoms with van der Waals surface area (Å²) in [6.45, 7) is 1.77. The Morgan fingerprint density at radius 3 is 1.67 bits per heavy atom. The van der Waals surface area contributed by atoms with E-state index in [9.17, 15) is 0 Å². The first kappa shape index (κ1) is 15.2. The molecule has 0 aromatic carbocycles. The molecule has 21 heavy (non-hydrogen) atoms. The van der Waals surface area contributed by atoms with Gasteiger partial charge in [-0.1, -0.05) is 19.3 Å². The minimum atomic E-state index is 0.886. The lowest BCUT2D eigenvalue weighted by atomic mass is 10.1. The number of H-pyrrole nitrogens is 2. The van der Waals surface area contributed by atoms with Gasteiger partial charge in [0.2, 0.25) is 0 Å². The van der Waals surface area contributed by atoms with E-state index in [2.05, 4.69) is 30.4 Å². The van der Waals surface area contributed by atoms with Crippen molar-refractivity contribution >= 4 is 12.4 Å². The Kier molecular flexibility index (Phi) is 6.95. The third-order valence-electron chi connectivity index (χ3n) is 3.08. The van der Waals surface area contributed by atoms with Gasteiger partial charge in [-0.15, -0.1) is 0 Å². The molecule has 0 saturated carbocycles. The molecule has 0 saturated heterocycles. The number of nitrogens with one attached hydrogen (secondary N) is 2. The van der Waals surface area contributed by atoms with Crippen LogP contribution in [0.5, 0.6) is 0 Å². The van der Waals surface area contributed by atoms with Gasteiger partial charge in [0.1, 0.15) is 0 Å². The minimum absolute atomic E-state index is 0.886. The van der Waals surface area contributed by atoms with Crippen LogP contribution in [0, 0.1) is 0 Å². The molecule has 6 heteroatoms. The molecule has 0 radical (unpaired) electrons. The van der Waals surface area contributed by atoms with Crippen LogP contribution < -0.4 is 0 Å². The van der Waals surface area contributed by atoms with Crippen LogP contribution in [-0.2, 0) is 0 Å². The number of aromatic amines is 2. The van der Waals surface area contributed by atoms with E-state index in [1.807, 2.05) is 24.6 Å². The molecule has 0 unspecified atom stereocenters. The summed E-state index contributed by atoms with van der Waals surface area (Å²) in [6.07, 6.45) is 13.1. The minimum Gasteiger partial charge on any atom is -0.291 e. The fourth-order valence-electron chi connectivity index (χ4n) is 1.94. The molecule has 2 heterocycles. The van der Waals surface area contributed by atoms with Gasteiger partial charge >= 0.3 is 0 Å². The summed E-state index contributed by atoms with van der Waals surface area (Å²) in [4.78, 5) is 8.72. The first-order valence-corrected chi connectivity index (χ1v) is 7.43. The second-order valence-electron chi connectivity index (χ2n) is 4.86. The lowest BCUT2D eigenvalue weighted by Gasteiger charge is -1.98. The molecule has 2 rings (SSSR count). The van der Waals surface area contributed by atoms with Crippen molar-refractivity contribution in [3.05, 3.63) is 35.9 Å². The lowest BCUT2D eigenvalue weighted by Crippen LogP contribution is -1.88. The molecule has 6 nitrogen and oxygen atoms in total. The molecule has 0 fully saturated rings. The first-order chi connectivity index (χ1) is 10.4. The van der Waals surface area contributed by atoms with E-state index in [-0.39, 0.29) is 0 Å². The van der Waals surface area contributed by atoms with E-state index in [0.29, 0.717) is 0 Å². The fraction of sp³-hybridized carbons (Fsp3) is 0.467. The Balaban J connectivity index is 1.40. The monoisotopic (exact) mass is 286 g/mol. The summed E-state index contributed by atoms with van der Waals surface area (Å²) in [5, 5.41) is 13.5. The normalized spacial score (nSPS) is 11.8. The Bertz CT molecular complexity index is 464. The highest BCUT2D eigenvalue weighted by molar-refractivity contribution is 5.76. The molecule has 0 aliphatic rings. The maximum Gasteiger partial charge on any atom is 0.0756 e. The zero-order valence-electron chi connectivity index (χ0n) is 12.2. The van der Waals surface area contributed by atoms with E-state index in [4.69, 9.17) is 0 Å². The number of rotatable bonds is 10. The van der Waals surface area contributed by atoms with Crippen LogP contribution in [0.3, 0.4) is 0 Å². The average molecular weight is 286 g/mol. The zero-order valence-corrected chi connectivity index (χ0v) is 12.2. The molecule has 0 aliphatic heterocycles. The van der Waals surface area contributed by atoms with Crippen molar-refractivity contribution in [2.75, 3.05) is 13.1 Å². The summed E-state index contributed by atoms with van der Waals surface area (Å²) in [7, 11) is 0. The molecule has 0 bridgehead atoms. The highest BCUT2D eigenvalue weighted by atomic mass is 15.1. The maximum atomic E-state index is 4.36. The van der Waals surface area contributed by atoms with Crippen LogP contribution in [0.4, 0.5) is 0 Å². The van der Waals surface area contributed by atoms with Crippen LogP contribution in [0.15, 0.2) is 34.5 Å². The van der Waals surface area contributed by atoms with Gasteiger partial charge < -0.3 is 0 Å². The molecule has 2 aromatic rings. The fourth-order valence-corrected chi connectivity index (χ4v) is 1.94. The smallest absolute Gasteiger partial charge is 0.0756 e. The molecular formula is C15H22N6. The van der Waals surface area contributed by atoms with Crippen molar-refractivity contribution in [3.8, 4) is 0 Å². The molecule has 0 aliphatic carbocycles. The van der Waals surface area contributed by atoms with E-state index in [1.54, 1.807) is 12.4 Å². The molecule has 2 aromatic heterocycles. The summed E-state index contributed by atoms with van der Waals surface area (Å²) in [5.41, 5.74) is 1.93. The molecule has 0 spiro atoms. The lowest BCUT2D eigenvalue weighted by molar-refractivity contribution is 0.625. The quantitative estimate of drug-likeness (QED) is 0.520. The van der Waals surface area contributed by atoms with E-state index in [1.165, 1.54) is 19.3 Å². The summed E-state index contributed by atoms with van der Waals surface area (Å²) in [6, 6.07) is 3.82. The molecule has 0 atom stereocenters. The second-order valence-corrected chi connectivity index (χ2v) is 4.86. The van der Waals surface area contributed by atoms with Crippen LogP contribution in [-0.4, -0.2) is 45.9 Å². The maximum absolute atomic E-state index is 4.36. The Morgan fingerprint density at radius 1 is 0.762 bits per heavy atom. The molecular weight excluding hydrogens is 264 g/mol. The van der Waals surface area contributed by atoms with Gasteiger partial charge in [-0.05, 0) is 25.0 Å². The average Bonchev–Trinajstić information content (AvgIpc) is 3.18. The van der Waals surface area contributed by atoms with Crippen molar-refractivity contribution in [1.82, 2.24) is 20.4 Å². The van der Waals surface area contributed by atoms with Crippen LogP contribution in [0.2, 0.25) is 0 Å². The van der Waals surface area contributed by atoms with Gasteiger partial charge in [0.15, 0.2) is 0 Å². The van der Waals surface area contributed by atoms with Crippen molar-refractivity contribution < 1.29 is 0 Å². The van der Waals surface area contributed by atoms with Gasteiger partial charge in [0.05, 0.1) is 11.4 Å². The van der Waals surface area contributed by atoms with Crippen molar-refractivity contribution in [1.29, 1.82) is 0 Å². The van der Waals surface area contributed by atoms with Crippen LogP contribution in [0.25, 0.3) is 0 Å².